The van der Waals surface area contributed by atoms with E-state index in [9.17, 15) is 9.65 Å². The lowest BCUT2D eigenvalue weighted by molar-refractivity contribution is 0.385. The molecule has 0 spiro atoms. The molecule has 0 radical (unpaired) electrons. The van der Waals surface area contributed by atoms with Crippen LogP contribution in [0.15, 0.2) is 30.6 Å². The van der Waals surface area contributed by atoms with Crippen molar-refractivity contribution >= 4 is 11.3 Å². The molecule has 154 valence electrons. The molecular formula is C25H32FN3. The summed E-state index contributed by atoms with van der Waals surface area (Å²) in [6.45, 7) is 8.18. The first-order chi connectivity index (χ1) is 13.9. The van der Waals surface area contributed by atoms with Crippen LogP contribution in [0.25, 0.3) is 5.57 Å². The number of pyridine rings is 1. The average Bonchev–Trinajstić information content (AvgIpc) is 2.70. The second-order valence-electron chi connectivity index (χ2n) is 7.95. The number of nitrogens with two attached hydrogens (primary N) is 1. The van der Waals surface area contributed by atoms with Gasteiger partial charge < -0.3 is 5.73 Å². The van der Waals surface area contributed by atoms with Gasteiger partial charge in [0.05, 0.1) is 23.5 Å². The second kappa shape index (κ2) is 10.8. The van der Waals surface area contributed by atoms with Crippen LogP contribution in [0.1, 0.15) is 80.2 Å². The van der Waals surface area contributed by atoms with E-state index in [1.165, 1.54) is 44.5 Å². The van der Waals surface area contributed by atoms with E-state index in [1.54, 1.807) is 6.07 Å². The number of anilines is 1. The minimum atomic E-state index is -0.479. The third-order valence-electron chi connectivity index (χ3n) is 5.48. The fraction of sp³-hybridized carbons (Fsp3) is 0.440. The summed E-state index contributed by atoms with van der Waals surface area (Å²) in [7, 11) is 0. The SMILES string of the molecule is CC/C=C(\c1cc(C#N)c(C)cc1C)c1cncc(N)c1F.CC1CCCCC1. The molecule has 1 aromatic carbocycles. The largest absolute Gasteiger partial charge is 0.395 e. The number of allylic oxidation sites excluding steroid dienone is 1. The molecule has 2 aromatic rings. The fourth-order valence-corrected chi connectivity index (χ4v) is 3.79. The van der Waals surface area contributed by atoms with Gasteiger partial charge in [0.1, 0.15) is 0 Å². The van der Waals surface area contributed by atoms with Crippen LogP contribution in [0, 0.1) is 36.9 Å². The maximum atomic E-state index is 14.4. The Bertz CT molecular complexity index is 903. The van der Waals surface area contributed by atoms with Gasteiger partial charge >= 0.3 is 0 Å². The van der Waals surface area contributed by atoms with Gasteiger partial charge in [-0.1, -0.05) is 58.1 Å². The van der Waals surface area contributed by atoms with Crippen LogP contribution < -0.4 is 5.73 Å². The summed E-state index contributed by atoms with van der Waals surface area (Å²) in [6, 6.07) is 5.92. The van der Waals surface area contributed by atoms with E-state index in [0.29, 0.717) is 16.7 Å². The molecule has 0 atom stereocenters. The van der Waals surface area contributed by atoms with Gasteiger partial charge in [0.15, 0.2) is 5.82 Å². The predicted molar refractivity (Wildman–Crippen MR) is 119 cm³/mol. The van der Waals surface area contributed by atoms with Crippen LogP contribution in [0.2, 0.25) is 0 Å². The van der Waals surface area contributed by atoms with E-state index < -0.39 is 5.82 Å². The molecule has 0 unspecified atom stereocenters. The minimum Gasteiger partial charge on any atom is -0.395 e. The smallest absolute Gasteiger partial charge is 0.157 e. The maximum absolute atomic E-state index is 14.4. The van der Waals surface area contributed by atoms with Crippen molar-refractivity contribution in [3.8, 4) is 6.07 Å². The number of aryl methyl sites for hydroxylation is 2. The zero-order valence-electron chi connectivity index (χ0n) is 18.1. The van der Waals surface area contributed by atoms with Gasteiger partial charge in [0, 0.05) is 11.8 Å². The lowest BCUT2D eigenvalue weighted by atomic mass is 9.91. The quantitative estimate of drug-likeness (QED) is 0.629. The van der Waals surface area contributed by atoms with E-state index in [2.05, 4.69) is 18.0 Å². The highest BCUT2D eigenvalue weighted by atomic mass is 19.1. The van der Waals surface area contributed by atoms with Crippen LogP contribution in [0.3, 0.4) is 0 Å². The first-order valence-corrected chi connectivity index (χ1v) is 10.5. The third kappa shape index (κ3) is 5.90. The van der Waals surface area contributed by atoms with Gasteiger partial charge in [-0.15, -0.1) is 0 Å². The molecule has 1 saturated carbocycles. The molecule has 0 saturated heterocycles. The molecule has 2 N–H and O–H groups in total. The number of nitrogen functional groups attached to an aromatic ring is 1. The zero-order chi connectivity index (χ0) is 21.4. The van der Waals surface area contributed by atoms with Crippen molar-refractivity contribution in [2.45, 2.75) is 66.2 Å². The molecule has 1 aromatic heterocycles. The topological polar surface area (TPSA) is 62.7 Å². The Hall–Kier alpha value is -2.67. The molecule has 3 rings (SSSR count). The van der Waals surface area contributed by atoms with E-state index in [0.717, 1.165) is 29.0 Å². The van der Waals surface area contributed by atoms with E-state index in [4.69, 9.17) is 5.73 Å². The standard InChI is InChI=1S/C18H18FN3.C7H14/c1-4-5-14(16-9-22-10-17(21)18(16)19)15-7-13(8-20)11(2)6-12(15)3;1-7-5-3-2-4-6-7/h5-7,9-10H,4,21H2,1-3H3;7H,2-6H2,1H3/b14-5+;. The van der Waals surface area contributed by atoms with Crippen molar-refractivity contribution in [1.82, 2.24) is 4.98 Å². The number of benzene rings is 1. The average molecular weight is 394 g/mol. The molecule has 0 amide bonds. The lowest BCUT2D eigenvalue weighted by Gasteiger charge is -2.15. The van der Waals surface area contributed by atoms with Crippen molar-refractivity contribution in [3.05, 3.63) is 64.2 Å². The Labute approximate surface area is 174 Å². The molecule has 29 heavy (non-hydrogen) atoms. The molecule has 0 aliphatic heterocycles. The van der Waals surface area contributed by atoms with Crippen molar-refractivity contribution in [1.29, 1.82) is 5.26 Å². The van der Waals surface area contributed by atoms with Crippen LogP contribution >= 0.6 is 0 Å². The molecule has 1 aliphatic carbocycles. The van der Waals surface area contributed by atoms with Crippen LogP contribution in [-0.2, 0) is 0 Å². The van der Waals surface area contributed by atoms with Gasteiger partial charge in [0.2, 0.25) is 0 Å². The Morgan fingerprint density at radius 2 is 1.86 bits per heavy atom. The van der Waals surface area contributed by atoms with Gasteiger partial charge in [-0.3, -0.25) is 4.98 Å². The molecule has 1 aliphatic rings. The summed E-state index contributed by atoms with van der Waals surface area (Å²) in [5.41, 5.74) is 10.0. The van der Waals surface area contributed by atoms with Crippen molar-refractivity contribution in [3.63, 3.8) is 0 Å². The minimum absolute atomic E-state index is 0.0183. The first-order valence-electron chi connectivity index (χ1n) is 10.5. The maximum Gasteiger partial charge on any atom is 0.157 e. The van der Waals surface area contributed by atoms with Crippen molar-refractivity contribution < 1.29 is 4.39 Å². The van der Waals surface area contributed by atoms with Crippen molar-refractivity contribution in [2.75, 3.05) is 5.73 Å². The van der Waals surface area contributed by atoms with E-state index >= 15 is 0 Å². The summed E-state index contributed by atoms with van der Waals surface area (Å²) in [4.78, 5) is 3.99. The normalized spacial score (nSPS) is 14.7. The van der Waals surface area contributed by atoms with Crippen molar-refractivity contribution in [2.24, 2.45) is 5.92 Å². The number of nitrogens with zero attached hydrogens (tertiary/aromatic N) is 2. The summed E-state index contributed by atoms with van der Waals surface area (Å²) in [5, 5.41) is 9.24. The number of rotatable bonds is 3. The molecule has 0 bridgehead atoms. The van der Waals surface area contributed by atoms with Gasteiger partial charge in [-0.05, 0) is 54.5 Å². The molecule has 1 heterocycles. The van der Waals surface area contributed by atoms with Gasteiger partial charge in [0.25, 0.3) is 0 Å². The van der Waals surface area contributed by atoms with E-state index in [1.807, 2.05) is 32.9 Å². The monoisotopic (exact) mass is 393 g/mol. The van der Waals surface area contributed by atoms with Crippen LogP contribution in [-0.4, -0.2) is 4.98 Å². The number of hydrogen-bond acceptors (Lipinski definition) is 3. The second-order valence-corrected chi connectivity index (χ2v) is 7.95. The number of halogens is 1. The Morgan fingerprint density at radius 1 is 1.17 bits per heavy atom. The molecule has 4 heteroatoms. The fourth-order valence-electron chi connectivity index (χ4n) is 3.79. The summed E-state index contributed by atoms with van der Waals surface area (Å²) < 4.78 is 14.4. The highest BCUT2D eigenvalue weighted by Gasteiger charge is 2.16. The first kappa shape index (κ1) is 22.6. The van der Waals surface area contributed by atoms with Gasteiger partial charge in [-0.25, -0.2) is 4.39 Å². The Balaban J connectivity index is 0.000000360. The summed E-state index contributed by atoms with van der Waals surface area (Å²) >= 11 is 0. The summed E-state index contributed by atoms with van der Waals surface area (Å²) in [6.07, 6.45) is 12.9. The Kier molecular flexibility index (Phi) is 8.39. The molecular weight excluding hydrogens is 361 g/mol. The zero-order valence-corrected chi connectivity index (χ0v) is 18.1. The highest BCUT2D eigenvalue weighted by molar-refractivity contribution is 5.83. The number of hydrogen-bond donors (Lipinski definition) is 1. The number of aromatic nitrogens is 1. The lowest BCUT2D eigenvalue weighted by Crippen LogP contribution is -2.01. The Morgan fingerprint density at radius 3 is 2.41 bits per heavy atom. The highest BCUT2D eigenvalue weighted by Crippen LogP contribution is 2.31. The number of nitriles is 1. The third-order valence-corrected chi connectivity index (χ3v) is 5.48. The van der Waals surface area contributed by atoms with Gasteiger partial charge in [-0.2, -0.15) is 5.26 Å². The summed E-state index contributed by atoms with van der Waals surface area (Å²) in [5.74, 6) is 0.557. The predicted octanol–water partition coefficient (Wildman–Crippen LogP) is 6.72. The molecule has 3 nitrogen and oxygen atoms in total. The molecule has 1 fully saturated rings. The van der Waals surface area contributed by atoms with E-state index in [-0.39, 0.29) is 5.69 Å². The van der Waals surface area contributed by atoms with Crippen LogP contribution in [0.4, 0.5) is 10.1 Å². The van der Waals surface area contributed by atoms with Crippen LogP contribution in [0.5, 0.6) is 0 Å².